The van der Waals surface area contributed by atoms with Gasteiger partial charge < -0.3 is 11.1 Å². The minimum absolute atomic E-state index is 0. The van der Waals surface area contributed by atoms with Gasteiger partial charge in [-0.1, -0.05) is 0 Å². The van der Waals surface area contributed by atoms with E-state index in [1.54, 1.807) is 0 Å². The van der Waals surface area contributed by atoms with Crippen LogP contribution < -0.4 is 11.1 Å². The molecule has 0 heterocycles. The zero-order valence-electron chi connectivity index (χ0n) is 11.8. The summed E-state index contributed by atoms with van der Waals surface area (Å²) in [5.74, 6) is -2.10. The second-order valence-electron chi connectivity index (χ2n) is 5.33. The average Bonchev–Trinajstić information content (AvgIpc) is 3.21. The molecule has 1 fully saturated rings. The van der Waals surface area contributed by atoms with Gasteiger partial charge in [-0.05, 0) is 48.9 Å². The van der Waals surface area contributed by atoms with Gasteiger partial charge in [0.05, 0.1) is 11.6 Å². The Labute approximate surface area is 131 Å². The minimum atomic E-state index is -4.47. The SMILES string of the molecule is CC(C(=O)NCC(F)(F)F)c1cc(F)c(N)cc1C1CC1.Cl. The van der Waals surface area contributed by atoms with Crippen molar-refractivity contribution >= 4 is 24.0 Å². The van der Waals surface area contributed by atoms with Crippen LogP contribution in [0.3, 0.4) is 0 Å². The number of nitrogens with one attached hydrogen (secondary N) is 1. The lowest BCUT2D eigenvalue weighted by atomic mass is 9.91. The first-order valence-corrected chi connectivity index (χ1v) is 6.62. The second kappa shape index (κ2) is 6.73. The number of carbonyl (C=O) groups excluding carboxylic acids is 1. The predicted molar refractivity (Wildman–Crippen MR) is 77.5 cm³/mol. The zero-order chi connectivity index (χ0) is 15.8. The number of benzene rings is 1. The van der Waals surface area contributed by atoms with Gasteiger partial charge in [0, 0.05) is 0 Å². The topological polar surface area (TPSA) is 55.1 Å². The van der Waals surface area contributed by atoms with E-state index in [-0.39, 0.29) is 24.0 Å². The Bertz CT molecular complexity index is 559. The highest BCUT2D eigenvalue weighted by atomic mass is 35.5. The highest BCUT2D eigenvalue weighted by Gasteiger charge is 2.32. The smallest absolute Gasteiger partial charge is 0.396 e. The van der Waals surface area contributed by atoms with Gasteiger partial charge in [-0.3, -0.25) is 4.79 Å². The Kier molecular flexibility index (Phi) is 5.67. The second-order valence-corrected chi connectivity index (χ2v) is 5.33. The summed E-state index contributed by atoms with van der Waals surface area (Å²) in [5.41, 5.74) is 6.67. The zero-order valence-corrected chi connectivity index (χ0v) is 12.7. The molecule has 124 valence electrons. The third-order valence-electron chi connectivity index (χ3n) is 3.54. The molecule has 1 aliphatic rings. The van der Waals surface area contributed by atoms with Crippen molar-refractivity contribution in [3.63, 3.8) is 0 Å². The van der Waals surface area contributed by atoms with Crippen LogP contribution in [0.2, 0.25) is 0 Å². The molecule has 2 rings (SSSR count). The summed E-state index contributed by atoms with van der Waals surface area (Å²) in [7, 11) is 0. The molecular formula is C14H17ClF4N2O. The number of halogens is 5. The van der Waals surface area contributed by atoms with Gasteiger partial charge in [0.15, 0.2) is 0 Å². The number of alkyl halides is 3. The Hall–Kier alpha value is -1.50. The van der Waals surface area contributed by atoms with Crippen LogP contribution in [0.1, 0.15) is 42.7 Å². The summed E-state index contributed by atoms with van der Waals surface area (Å²) in [6, 6.07) is 2.64. The number of nitrogens with two attached hydrogens (primary N) is 1. The summed E-state index contributed by atoms with van der Waals surface area (Å²) in [6.45, 7) is 0.0644. The Morgan fingerprint density at radius 2 is 2.00 bits per heavy atom. The fourth-order valence-corrected chi connectivity index (χ4v) is 2.23. The molecule has 1 unspecified atom stereocenters. The normalized spacial score (nSPS) is 15.9. The highest BCUT2D eigenvalue weighted by Crippen LogP contribution is 2.44. The van der Waals surface area contributed by atoms with Crippen molar-refractivity contribution in [2.45, 2.75) is 37.8 Å². The third-order valence-corrected chi connectivity index (χ3v) is 3.54. The molecular weight excluding hydrogens is 324 g/mol. The van der Waals surface area contributed by atoms with Gasteiger partial charge in [0.25, 0.3) is 0 Å². The standard InChI is InChI=1S/C14H16F4N2O.ClH/c1-7(13(21)20-6-14(16,17)18)9-4-11(15)12(19)5-10(9)8-2-3-8;/h4-5,7-8H,2-3,6,19H2,1H3,(H,20,21);1H. The number of amides is 1. The molecule has 0 bridgehead atoms. The first-order chi connectivity index (χ1) is 9.69. The number of anilines is 1. The monoisotopic (exact) mass is 340 g/mol. The van der Waals surface area contributed by atoms with E-state index in [9.17, 15) is 22.4 Å². The van der Waals surface area contributed by atoms with Crippen LogP contribution in [0, 0.1) is 5.82 Å². The summed E-state index contributed by atoms with van der Waals surface area (Å²) >= 11 is 0. The highest BCUT2D eigenvalue weighted by molar-refractivity contribution is 5.85. The van der Waals surface area contributed by atoms with E-state index in [4.69, 9.17) is 5.73 Å². The van der Waals surface area contributed by atoms with E-state index in [2.05, 4.69) is 0 Å². The van der Waals surface area contributed by atoms with Crippen LogP contribution in [-0.4, -0.2) is 18.6 Å². The molecule has 1 aliphatic carbocycles. The van der Waals surface area contributed by atoms with Crippen LogP contribution in [-0.2, 0) is 4.79 Å². The third kappa shape index (κ3) is 4.50. The number of rotatable bonds is 4. The first kappa shape index (κ1) is 18.5. The van der Waals surface area contributed by atoms with Crippen molar-refractivity contribution in [1.82, 2.24) is 5.32 Å². The van der Waals surface area contributed by atoms with Crippen LogP contribution in [0.4, 0.5) is 23.2 Å². The van der Waals surface area contributed by atoms with Gasteiger partial charge in [0.2, 0.25) is 5.91 Å². The van der Waals surface area contributed by atoms with E-state index in [0.717, 1.165) is 24.5 Å². The molecule has 1 saturated carbocycles. The lowest BCUT2D eigenvalue weighted by Gasteiger charge is -2.18. The maximum absolute atomic E-state index is 13.6. The molecule has 1 atom stereocenters. The lowest BCUT2D eigenvalue weighted by molar-refractivity contribution is -0.139. The molecule has 0 aliphatic heterocycles. The summed E-state index contributed by atoms with van der Waals surface area (Å²) in [4.78, 5) is 11.8. The van der Waals surface area contributed by atoms with Gasteiger partial charge >= 0.3 is 6.18 Å². The minimum Gasteiger partial charge on any atom is -0.396 e. The van der Waals surface area contributed by atoms with E-state index >= 15 is 0 Å². The fraction of sp³-hybridized carbons (Fsp3) is 0.500. The van der Waals surface area contributed by atoms with E-state index in [0.29, 0.717) is 5.56 Å². The molecule has 1 aromatic carbocycles. The Morgan fingerprint density at radius 3 is 2.50 bits per heavy atom. The predicted octanol–water partition coefficient (Wildman–Crippen LogP) is 3.49. The van der Waals surface area contributed by atoms with Crippen molar-refractivity contribution < 1.29 is 22.4 Å². The van der Waals surface area contributed by atoms with E-state index < -0.39 is 30.4 Å². The number of nitrogen functional groups attached to an aromatic ring is 1. The van der Waals surface area contributed by atoms with Crippen molar-refractivity contribution in [1.29, 1.82) is 0 Å². The molecule has 3 N–H and O–H groups in total. The molecule has 0 spiro atoms. The number of hydrogen-bond acceptors (Lipinski definition) is 2. The van der Waals surface area contributed by atoms with Gasteiger partial charge in [0.1, 0.15) is 12.4 Å². The molecule has 22 heavy (non-hydrogen) atoms. The van der Waals surface area contributed by atoms with Crippen LogP contribution in [0.5, 0.6) is 0 Å². The molecule has 8 heteroatoms. The molecule has 0 saturated heterocycles. The molecule has 3 nitrogen and oxygen atoms in total. The summed E-state index contributed by atoms with van der Waals surface area (Å²) in [6.07, 6.45) is -2.65. The number of hydrogen-bond donors (Lipinski definition) is 2. The van der Waals surface area contributed by atoms with E-state index in [1.807, 2.05) is 5.32 Å². The van der Waals surface area contributed by atoms with Crippen molar-refractivity contribution in [2.24, 2.45) is 0 Å². The van der Waals surface area contributed by atoms with Crippen molar-refractivity contribution in [3.05, 3.63) is 29.1 Å². The van der Waals surface area contributed by atoms with Gasteiger partial charge in [-0.2, -0.15) is 13.2 Å². The Balaban J connectivity index is 0.00000242. The van der Waals surface area contributed by atoms with Gasteiger partial charge in [-0.25, -0.2) is 4.39 Å². The molecule has 0 radical (unpaired) electrons. The molecule has 1 aromatic rings. The van der Waals surface area contributed by atoms with Crippen LogP contribution >= 0.6 is 12.4 Å². The molecule has 1 amide bonds. The van der Waals surface area contributed by atoms with Crippen LogP contribution in [0.15, 0.2) is 12.1 Å². The molecule has 0 aromatic heterocycles. The van der Waals surface area contributed by atoms with Crippen molar-refractivity contribution in [3.8, 4) is 0 Å². The number of carbonyl (C=O) groups is 1. The summed E-state index contributed by atoms with van der Waals surface area (Å²) in [5, 5.41) is 1.82. The Morgan fingerprint density at radius 1 is 1.41 bits per heavy atom. The van der Waals surface area contributed by atoms with Gasteiger partial charge in [-0.15, -0.1) is 12.4 Å². The largest absolute Gasteiger partial charge is 0.405 e. The quantitative estimate of drug-likeness (QED) is 0.651. The average molecular weight is 341 g/mol. The summed E-state index contributed by atoms with van der Waals surface area (Å²) < 4.78 is 50.0. The fourth-order valence-electron chi connectivity index (χ4n) is 2.23. The first-order valence-electron chi connectivity index (χ1n) is 6.62. The lowest BCUT2D eigenvalue weighted by Crippen LogP contribution is -2.36. The maximum Gasteiger partial charge on any atom is 0.405 e. The van der Waals surface area contributed by atoms with E-state index in [1.165, 1.54) is 13.0 Å². The van der Waals surface area contributed by atoms with Crippen LogP contribution in [0.25, 0.3) is 0 Å². The maximum atomic E-state index is 13.6. The van der Waals surface area contributed by atoms with Crippen molar-refractivity contribution in [2.75, 3.05) is 12.3 Å².